The number of nitrogens with zero attached hydrogens (tertiary/aromatic N) is 1. The number of alkyl halides is 3. The van der Waals surface area contributed by atoms with E-state index in [0.29, 0.717) is 6.42 Å². The molecule has 6 unspecified atom stereocenters. The number of amides is 2. The van der Waals surface area contributed by atoms with Crippen LogP contribution in [0, 0.1) is 29.6 Å². The van der Waals surface area contributed by atoms with Crippen molar-refractivity contribution in [3.8, 4) is 5.75 Å². The molecule has 3 aromatic rings. The number of aromatic amines is 1. The van der Waals surface area contributed by atoms with Gasteiger partial charge in [0.2, 0.25) is 11.8 Å². The summed E-state index contributed by atoms with van der Waals surface area (Å²) >= 11 is 2.68. The van der Waals surface area contributed by atoms with E-state index in [1.54, 1.807) is 23.9 Å². The summed E-state index contributed by atoms with van der Waals surface area (Å²) < 4.78 is 40.0. The van der Waals surface area contributed by atoms with E-state index >= 15 is 0 Å². The summed E-state index contributed by atoms with van der Waals surface area (Å²) in [5.74, 6) is -2.45. The van der Waals surface area contributed by atoms with Crippen LogP contribution in [-0.4, -0.2) is 27.2 Å². The molecule has 2 bridgehead atoms. The number of aromatic hydroxyl groups is 1. The van der Waals surface area contributed by atoms with Crippen LogP contribution in [0.25, 0.3) is 0 Å². The molecule has 0 radical (unpaired) electrons. The summed E-state index contributed by atoms with van der Waals surface area (Å²) in [4.78, 5) is 44.2. The van der Waals surface area contributed by atoms with E-state index in [4.69, 9.17) is 0 Å². The first-order valence-electron chi connectivity index (χ1n) is 11.9. The van der Waals surface area contributed by atoms with Gasteiger partial charge in [-0.25, -0.2) is 0 Å². The topological polar surface area (TPSA) is 90.5 Å². The summed E-state index contributed by atoms with van der Waals surface area (Å²) in [6, 6.07) is 11.2. The second-order valence-electron chi connectivity index (χ2n) is 10.1. The predicted octanol–water partition coefficient (Wildman–Crippen LogP) is 4.84. The number of nitrogens with one attached hydrogen (secondary N) is 1. The Labute approximate surface area is 216 Å². The zero-order chi connectivity index (χ0) is 25.8. The van der Waals surface area contributed by atoms with Crippen LogP contribution in [0.15, 0.2) is 58.4 Å². The van der Waals surface area contributed by atoms with Crippen LogP contribution in [0.4, 0.5) is 18.9 Å². The molecule has 2 aliphatic heterocycles. The van der Waals surface area contributed by atoms with Crippen molar-refractivity contribution >= 4 is 40.6 Å². The van der Waals surface area contributed by atoms with E-state index in [9.17, 15) is 32.7 Å². The number of imide groups is 1. The fourth-order valence-electron chi connectivity index (χ4n) is 7.15. The van der Waals surface area contributed by atoms with Gasteiger partial charge in [0.25, 0.3) is 0 Å². The van der Waals surface area contributed by atoms with Gasteiger partial charge in [-0.05, 0) is 60.1 Å². The third kappa shape index (κ3) is 3.22. The molecule has 190 valence electrons. The van der Waals surface area contributed by atoms with Crippen molar-refractivity contribution in [3.63, 3.8) is 0 Å². The van der Waals surface area contributed by atoms with Gasteiger partial charge in [0.05, 0.1) is 28.1 Å². The molecule has 4 aliphatic rings. The van der Waals surface area contributed by atoms with Crippen LogP contribution in [0.3, 0.4) is 0 Å². The maximum Gasteiger partial charge on any atom is 0.416 e. The highest BCUT2D eigenvalue weighted by molar-refractivity contribution is 8.00. The van der Waals surface area contributed by atoms with Crippen molar-refractivity contribution in [2.45, 2.75) is 28.8 Å². The minimum Gasteiger partial charge on any atom is -0.508 e. The number of fused-ring (bicyclic) bond motifs is 9. The number of thioether (sulfide) groups is 1. The van der Waals surface area contributed by atoms with Crippen LogP contribution in [-0.2, 0) is 15.8 Å². The number of phenols is 1. The van der Waals surface area contributed by atoms with Gasteiger partial charge in [-0.1, -0.05) is 29.5 Å². The lowest BCUT2D eigenvalue weighted by molar-refractivity contribution is -0.137. The summed E-state index contributed by atoms with van der Waals surface area (Å²) in [6.45, 7) is 0. The van der Waals surface area contributed by atoms with Crippen molar-refractivity contribution in [2.24, 2.45) is 29.6 Å². The minimum atomic E-state index is -4.59. The number of carbonyl (C=O) groups is 2. The molecule has 7 atom stereocenters. The average molecular weight is 545 g/mol. The molecule has 2 amide bonds. The van der Waals surface area contributed by atoms with Gasteiger partial charge in [0.1, 0.15) is 5.75 Å². The molecule has 2 aromatic carbocycles. The van der Waals surface area contributed by atoms with Crippen molar-refractivity contribution in [1.82, 2.24) is 4.98 Å². The Kier molecular flexibility index (Phi) is 4.83. The first kappa shape index (κ1) is 23.1. The zero-order valence-electron chi connectivity index (χ0n) is 18.9. The maximum atomic E-state index is 13.7. The summed E-state index contributed by atoms with van der Waals surface area (Å²) in [5, 5.41) is 10.6. The number of carbonyl (C=O) groups excluding carboxylic acids is 2. The Morgan fingerprint density at radius 1 is 0.973 bits per heavy atom. The van der Waals surface area contributed by atoms with Gasteiger partial charge in [0.15, 0.2) is 0 Å². The van der Waals surface area contributed by atoms with Gasteiger partial charge in [-0.3, -0.25) is 19.3 Å². The lowest BCUT2D eigenvalue weighted by atomic mass is 9.68. The van der Waals surface area contributed by atoms with E-state index in [1.165, 1.54) is 12.1 Å². The summed E-state index contributed by atoms with van der Waals surface area (Å²) in [7, 11) is 0. The second kappa shape index (κ2) is 7.73. The van der Waals surface area contributed by atoms with Crippen molar-refractivity contribution in [3.05, 3.63) is 74.2 Å². The normalized spacial score (nSPS) is 32.0. The van der Waals surface area contributed by atoms with Crippen molar-refractivity contribution < 1.29 is 27.9 Å². The Morgan fingerprint density at radius 2 is 1.68 bits per heavy atom. The average Bonchev–Trinajstić information content (AvgIpc) is 3.58. The number of thiazole rings is 1. The van der Waals surface area contributed by atoms with Gasteiger partial charge in [-0.15, -0.1) is 11.8 Å². The highest BCUT2D eigenvalue weighted by Gasteiger charge is 2.69. The highest BCUT2D eigenvalue weighted by atomic mass is 32.2. The molecule has 3 heterocycles. The molecule has 11 heteroatoms. The van der Waals surface area contributed by atoms with E-state index < -0.39 is 35.4 Å². The molecule has 7 rings (SSSR count). The second-order valence-corrected chi connectivity index (χ2v) is 12.3. The molecule has 2 N–H and O–H groups in total. The Hall–Kier alpha value is -3.05. The minimum absolute atomic E-state index is 0.0268. The Morgan fingerprint density at radius 3 is 2.38 bits per heavy atom. The first-order valence-corrected chi connectivity index (χ1v) is 13.6. The van der Waals surface area contributed by atoms with Gasteiger partial charge < -0.3 is 10.1 Å². The zero-order valence-corrected chi connectivity index (χ0v) is 20.6. The highest BCUT2D eigenvalue weighted by Crippen LogP contribution is 2.68. The fourth-order valence-corrected chi connectivity index (χ4v) is 10.0. The van der Waals surface area contributed by atoms with Gasteiger partial charge >= 0.3 is 11.0 Å². The van der Waals surface area contributed by atoms with E-state index in [1.807, 2.05) is 12.1 Å². The summed E-state index contributed by atoms with van der Waals surface area (Å²) in [5.41, 5.74) is -0.0383. The maximum absolute atomic E-state index is 13.7. The quantitative estimate of drug-likeness (QED) is 0.451. The molecular formula is C26H19F3N2O4S2. The Balaban J connectivity index is 1.30. The molecule has 1 aromatic heterocycles. The van der Waals surface area contributed by atoms with Crippen LogP contribution < -0.4 is 9.77 Å². The standard InChI is InChI=1S/C26H19F3N2O4S2/c27-26(28,29)11-2-1-3-12(8-11)31-23(33)18-14-9-15(19(18)24(31)34)20-17(14)16(10-4-6-13(32)7-5-10)21-22(36-20)30-25(35)37-21/h1-8,14-20,32H,9H2,(H,30,35)/t14?,15?,16-,17?,18?,19?,20?/m1/s1. The number of rotatable bonds is 2. The number of benzene rings is 2. The van der Waals surface area contributed by atoms with Crippen LogP contribution >= 0.6 is 23.1 Å². The Bertz CT molecular complexity index is 1510. The lowest BCUT2D eigenvalue weighted by Gasteiger charge is -2.43. The third-order valence-electron chi connectivity index (χ3n) is 8.41. The number of anilines is 1. The van der Waals surface area contributed by atoms with Crippen LogP contribution in [0.1, 0.15) is 28.3 Å². The molecule has 0 spiro atoms. The molecule has 6 nitrogen and oxygen atoms in total. The molecule has 3 fully saturated rings. The first-order chi connectivity index (χ1) is 17.6. The number of hydrogen-bond donors (Lipinski definition) is 2. The van der Waals surface area contributed by atoms with E-state index in [-0.39, 0.29) is 45.2 Å². The predicted molar refractivity (Wildman–Crippen MR) is 131 cm³/mol. The van der Waals surface area contributed by atoms with Crippen molar-refractivity contribution in [1.29, 1.82) is 0 Å². The number of hydrogen-bond acceptors (Lipinski definition) is 6. The van der Waals surface area contributed by atoms with Crippen molar-refractivity contribution in [2.75, 3.05) is 4.90 Å². The smallest absolute Gasteiger partial charge is 0.416 e. The molecular weight excluding hydrogens is 525 g/mol. The fraction of sp³-hybridized carbons (Fsp3) is 0.346. The third-order valence-corrected chi connectivity index (χ3v) is 11.0. The van der Waals surface area contributed by atoms with E-state index in [0.717, 1.165) is 43.8 Å². The number of halogens is 3. The molecule has 1 saturated heterocycles. The molecule has 2 saturated carbocycles. The van der Waals surface area contributed by atoms with Crippen LogP contribution in [0.5, 0.6) is 5.75 Å². The molecule has 2 aliphatic carbocycles. The van der Waals surface area contributed by atoms with Gasteiger partial charge in [-0.2, -0.15) is 13.2 Å². The lowest BCUT2D eigenvalue weighted by Crippen LogP contribution is -2.42. The monoisotopic (exact) mass is 544 g/mol. The number of H-pyrrole nitrogens is 1. The molecule has 37 heavy (non-hydrogen) atoms. The summed E-state index contributed by atoms with van der Waals surface area (Å²) in [6.07, 6.45) is -3.91. The SMILES string of the molecule is O=C1C2C3CC(C2C(=O)N1c1cccc(C(F)(F)F)c1)C1C3Sc2[nH]c(=O)sc2[C@@H]1c1ccc(O)cc1. The van der Waals surface area contributed by atoms with Gasteiger partial charge in [0, 0.05) is 16.0 Å². The number of aromatic nitrogens is 1. The van der Waals surface area contributed by atoms with E-state index in [2.05, 4.69) is 4.98 Å². The largest absolute Gasteiger partial charge is 0.508 e. The number of phenolic OH excluding ortho intramolecular Hbond substituents is 1. The van der Waals surface area contributed by atoms with Crippen LogP contribution in [0.2, 0.25) is 0 Å².